The summed E-state index contributed by atoms with van der Waals surface area (Å²) in [6, 6.07) is 33.5. The molecule has 0 unspecified atom stereocenters. The van der Waals surface area contributed by atoms with Crippen LogP contribution in [0.1, 0.15) is 22.3 Å². The number of anilines is 1. The lowest BCUT2D eigenvalue weighted by Crippen LogP contribution is -2.18. The third-order valence-corrected chi connectivity index (χ3v) is 5.93. The highest BCUT2D eigenvalue weighted by molar-refractivity contribution is 7.92. The van der Waals surface area contributed by atoms with E-state index in [1.54, 1.807) is 0 Å². The van der Waals surface area contributed by atoms with E-state index >= 15 is 0 Å². The average molecular weight is 473 g/mol. The van der Waals surface area contributed by atoms with Crippen molar-refractivity contribution in [1.82, 2.24) is 5.32 Å². The Kier molecular flexibility index (Phi) is 7.62. The molecule has 0 saturated heterocycles. The summed E-state index contributed by atoms with van der Waals surface area (Å²) in [5.41, 5.74) is 4.92. The molecular formula is C28H28N2O3S. The smallest absolute Gasteiger partial charge is 0.229 e. The van der Waals surface area contributed by atoms with Crippen molar-refractivity contribution in [2.75, 3.05) is 11.0 Å². The Balaban J connectivity index is 1.45. The molecule has 6 heteroatoms. The first-order chi connectivity index (χ1) is 16.5. The first kappa shape index (κ1) is 23.5. The molecule has 0 aromatic heterocycles. The number of rotatable bonds is 10. The van der Waals surface area contributed by atoms with E-state index < -0.39 is 10.0 Å². The third kappa shape index (κ3) is 6.94. The second kappa shape index (κ2) is 11.0. The summed E-state index contributed by atoms with van der Waals surface area (Å²) in [5, 5.41) is 3.46. The van der Waals surface area contributed by atoms with E-state index in [1.807, 2.05) is 91.0 Å². The molecule has 0 bridgehead atoms. The van der Waals surface area contributed by atoms with Gasteiger partial charge in [-0.3, -0.25) is 4.72 Å². The van der Waals surface area contributed by atoms with Crippen molar-refractivity contribution in [1.29, 1.82) is 0 Å². The summed E-state index contributed by atoms with van der Waals surface area (Å²) in [7, 11) is -3.39. The fraction of sp³-hybridized carbons (Fsp3) is 0.143. The van der Waals surface area contributed by atoms with Crippen molar-refractivity contribution < 1.29 is 13.2 Å². The van der Waals surface area contributed by atoms with Gasteiger partial charge in [0.25, 0.3) is 0 Å². The summed E-state index contributed by atoms with van der Waals surface area (Å²) >= 11 is 0. The predicted octanol–water partition coefficient (Wildman–Crippen LogP) is 5.73. The van der Waals surface area contributed by atoms with Crippen molar-refractivity contribution in [2.24, 2.45) is 0 Å². The summed E-state index contributed by atoms with van der Waals surface area (Å²) < 4.78 is 32.4. The number of hydrogen-bond acceptors (Lipinski definition) is 4. The first-order valence-corrected chi connectivity index (χ1v) is 13.0. The van der Waals surface area contributed by atoms with Crippen LogP contribution in [0.25, 0.3) is 0 Å². The molecule has 0 aliphatic carbocycles. The van der Waals surface area contributed by atoms with E-state index in [0.717, 1.165) is 34.6 Å². The van der Waals surface area contributed by atoms with E-state index in [9.17, 15) is 8.42 Å². The zero-order chi connectivity index (χ0) is 23.8. The second-order valence-corrected chi connectivity index (χ2v) is 9.89. The minimum Gasteiger partial charge on any atom is -0.457 e. The molecule has 0 amide bonds. The van der Waals surface area contributed by atoms with Gasteiger partial charge >= 0.3 is 0 Å². The maximum absolute atomic E-state index is 11.9. The zero-order valence-corrected chi connectivity index (χ0v) is 19.9. The maximum Gasteiger partial charge on any atom is 0.229 e. The molecule has 0 aliphatic rings. The Bertz CT molecular complexity index is 1310. The first-order valence-electron chi connectivity index (χ1n) is 11.1. The molecule has 0 aliphatic heterocycles. The number of hydrogen-bond donors (Lipinski definition) is 2. The van der Waals surface area contributed by atoms with Gasteiger partial charge in [0.2, 0.25) is 10.0 Å². The van der Waals surface area contributed by atoms with Crippen molar-refractivity contribution in [2.45, 2.75) is 19.5 Å². The topological polar surface area (TPSA) is 67.4 Å². The highest BCUT2D eigenvalue weighted by Crippen LogP contribution is 2.24. The molecule has 174 valence electrons. The van der Waals surface area contributed by atoms with Gasteiger partial charge in [-0.2, -0.15) is 0 Å². The van der Waals surface area contributed by atoms with Gasteiger partial charge in [-0.25, -0.2) is 8.42 Å². The monoisotopic (exact) mass is 472 g/mol. The molecule has 0 saturated carbocycles. The normalized spacial score (nSPS) is 11.2. The summed E-state index contributed by atoms with van der Waals surface area (Å²) in [4.78, 5) is 0. The van der Waals surface area contributed by atoms with E-state index in [4.69, 9.17) is 4.74 Å². The molecule has 5 nitrogen and oxygen atoms in total. The van der Waals surface area contributed by atoms with Gasteiger partial charge in [0.05, 0.1) is 11.9 Å². The Morgan fingerprint density at radius 3 is 2.00 bits per heavy atom. The van der Waals surface area contributed by atoms with Crippen LogP contribution in [0.4, 0.5) is 5.69 Å². The number of ether oxygens (including phenoxy) is 1. The van der Waals surface area contributed by atoms with Gasteiger partial charge in [0.15, 0.2) is 0 Å². The number of nitrogens with one attached hydrogen (secondary N) is 2. The lowest BCUT2D eigenvalue weighted by Gasteiger charge is -2.17. The Morgan fingerprint density at radius 2 is 1.32 bits per heavy atom. The summed E-state index contributed by atoms with van der Waals surface area (Å²) in [6.07, 6.45) is 1.90. The maximum atomic E-state index is 11.9. The SMILES string of the molecule is CS(=O)(=O)Nc1cccc(Cc2ccccc2)c1CNCc1ccc(Oc2ccccc2)cc1. The van der Waals surface area contributed by atoms with Gasteiger partial charge < -0.3 is 10.1 Å². The van der Waals surface area contributed by atoms with Gasteiger partial charge in [-0.1, -0.05) is 72.8 Å². The van der Waals surface area contributed by atoms with Crippen LogP contribution in [-0.4, -0.2) is 14.7 Å². The molecule has 34 heavy (non-hydrogen) atoms. The van der Waals surface area contributed by atoms with Gasteiger partial charge in [-0.05, 0) is 59.0 Å². The zero-order valence-electron chi connectivity index (χ0n) is 19.1. The minimum atomic E-state index is -3.39. The van der Waals surface area contributed by atoms with Crippen LogP contribution in [0.3, 0.4) is 0 Å². The molecule has 0 radical (unpaired) electrons. The van der Waals surface area contributed by atoms with Crippen molar-refractivity contribution in [3.8, 4) is 11.5 Å². The van der Waals surface area contributed by atoms with Crippen LogP contribution >= 0.6 is 0 Å². The standard InChI is InChI=1S/C28H28N2O3S/c1-34(31,32)30-28-14-8-11-24(19-22-9-4-2-5-10-22)27(28)21-29-20-23-15-17-26(18-16-23)33-25-12-6-3-7-13-25/h2-18,29-30H,19-21H2,1H3. The average Bonchev–Trinajstić information content (AvgIpc) is 2.82. The lowest BCUT2D eigenvalue weighted by atomic mass is 9.98. The van der Waals surface area contributed by atoms with Crippen molar-refractivity contribution >= 4 is 15.7 Å². The summed E-state index contributed by atoms with van der Waals surface area (Å²) in [6.45, 7) is 1.17. The van der Waals surface area contributed by atoms with Crippen LogP contribution in [0.5, 0.6) is 11.5 Å². The van der Waals surface area contributed by atoms with Crippen LogP contribution in [-0.2, 0) is 29.5 Å². The van der Waals surface area contributed by atoms with Crippen molar-refractivity contribution in [3.63, 3.8) is 0 Å². The largest absolute Gasteiger partial charge is 0.457 e. The van der Waals surface area contributed by atoms with Gasteiger partial charge in [0.1, 0.15) is 11.5 Å². The van der Waals surface area contributed by atoms with E-state index in [-0.39, 0.29) is 0 Å². The molecule has 0 heterocycles. The fourth-order valence-electron chi connectivity index (χ4n) is 3.75. The van der Waals surface area contributed by atoms with Crippen LogP contribution < -0.4 is 14.8 Å². The molecule has 2 N–H and O–H groups in total. The van der Waals surface area contributed by atoms with Gasteiger partial charge in [0, 0.05) is 13.1 Å². The highest BCUT2D eigenvalue weighted by Gasteiger charge is 2.12. The minimum absolute atomic E-state index is 0.531. The summed E-state index contributed by atoms with van der Waals surface area (Å²) in [5.74, 6) is 1.58. The van der Waals surface area contributed by atoms with Crippen LogP contribution in [0.15, 0.2) is 103 Å². The molecule has 4 rings (SSSR count). The second-order valence-electron chi connectivity index (χ2n) is 8.14. The Morgan fingerprint density at radius 1 is 0.676 bits per heavy atom. The molecule has 4 aromatic carbocycles. The van der Waals surface area contributed by atoms with Crippen molar-refractivity contribution in [3.05, 3.63) is 125 Å². The highest BCUT2D eigenvalue weighted by atomic mass is 32.2. The van der Waals surface area contributed by atoms with Crippen LogP contribution in [0, 0.1) is 0 Å². The number of para-hydroxylation sites is 1. The predicted molar refractivity (Wildman–Crippen MR) is 138 cm³/mol. The Labute approximate surface area is 201 Å². The lowest BCUT2D eigenvalue weighted by molar-refractivity contribution is 0.482. The number of sulfonamides is 1. The van der Waals surface area contributed by atoms with E-state index in [1.165, 1.54) is 11.8 Å². The molecular weight excluding hydrogens is 444 g/mol. The molecule has 0 fully saturated rings. The molecule has 4 aromatic rings. The van der Waals surface area contributed by atoms with Crippen LogP contribution in [0.2, 0.25) is 0 Å². The van der Waals surface area contributed by atoms with E-state index in [2.05, 4.69) is 22.2 Å². The quantitative estimate of drug-likeness (QED) is 0.309. The fourth-order valence-corrected chi connectivity index (χ4v) is 4.34. The third-order valence-electron chi connectivity index (χ3n) is 5.34. The number of benzene rings is 4. The van der Waals surface area contributed by atoms with E-state index in [0.29, 0.717) is 18.8 Å². The molecule has 0 atom stereocenters. The molecule has 0 spiro atoms. The van der Waals surface area contributed by atoms with Gasteiger partial charge in [-0.15, -0.1) is 0 Å². The Hall–Kier alpha value is -3.61.